The molecule has 0 saturated heterocycles. The van der Waals surface area contributed by atoms with E-state index in [-0.39, 0.29) is 0 Å². The molecule has 1 aromatic carbocycles. The SMILES string of the molecule is CO/C=C/c1cc(Cl)c(Cl)cc1Br. The highest BCUT2D eigenvalue weighted by molar-refractivity contribution is 9.10. The fraction of sp³-hybridized carbons (Fsp3) is 0.111. The maximum absolute atomic E-state index is 5.84. The molecule has 1 aromatic rings. The first-order chi connectivity index (χ1) is 6.15. The van der Waals surface area contributed by atoms with Gasteiger partial charge in [-0.3, -0.25) is 0 Å². The molecule has 0 saturated carbocycles. The smallest absolute Gasteiger partial charge is 0.0830 e. The van der Waals surface area contributed by atoms with E-state index in [9.17, 15) is 0 Å². The van der Waals surface area contributed by atoms with Crippen molar-refractivity contribution in [2.45, 2.75) is 0 Å². The van der Waals surface area contributed by atoms with Gasteiger partial charge in [-0.2, -0.15) is 0 Å². The third-order valence-electron chi connectivity index (χ3n) is 1.42. The van der Waals surface area contributed by atoms with Gasteiger partial charge in [-0.1, -0.05) is 39.1 Å². The lowest BCUT2D eigenvalue weighted by Gasteiger charge is -2.01. The second kappa shape index (κ2) is 4.89. The predicted molar refractivity (Wildman–Crippen MR) is 60.2 cm³/mol. The van der Waals surface area contributed by atoms with Gasteiger partial charge in [-0.25, -0.2) is 0 Å². The molecule has 1 rings (SSSR count). The Bertz CT molecular complexity index is 337. The largest absolute Gasteiger partial charge is 0.504 e. The van der Waals surface area contributed by atoms with Crippen LogP contribution in [0.2, 0.25) is 10.0 Å². The van der Waals surface area contributed by atoms with Crippen molar-refractivity contribution in [2.75, 3.05) is 7.11 Å². The van der Waals surface area contributed by atoms with Gasteiger partial charge in [0.2, 0.25) is 0 Å². The minimum absolute atomic E-state index is 0.528. The number of methoxy groups -OCH3 is 1. The van der Waals surface area contributed by atoms with Crippen molar-refractivity contribution in [1.29, 1.82) is 0 Å². The fourth-order valence-corrected chi connectivity index (χ4v) is 1.75. The van der Waals surface area contributed by atoms with Crippen LogP contribution in [-0.4, -0.2) is 7.11 Å². The lowest BCUT2D eigenvalue weighted by molar-refractivity contribution is 0.341. The van der Waals surface area contributed by atoms with Gasteiger partial charge < -0.3 is 4.74 Å². The zero-order valence-corrected chi connectivity index (χ0v) is 9.95. The molecular weight excluding hydrogens is 275 g/mol. The van der Waals surface area contributed by atoms with E-state index in [1.54, 1.807) is 31.6 Å². The van der Waals surface area contributed by atoms with E-state index >= 15 is 0 Å². The normalized spacial score (nSPS) is 10.8. The van der Waals surface area contributed by atoms with E-state index in [2.05, 4.69) is 15.9 Å². The number of benzene rings is 1. The molecule has 0 spiro atoms. The molecule has 0 amide bonds. The van der Waals surface area contributed by atoms with Crippen molar-refractivity contribution >= 4 is 45.2 Å². The van der Waals surface area contributed by atoms with E-state index in [1.807, 2.05) is 0 Å². The second-order valence-corrected chi connectivity index (χ2v) is 4.00. The van der Waals surface area contributed by atoms with Gasteiger partial charge in [-0.15, -0.1) is 0 Å². The molecule has 0 aliphatic carbocycles. The molecule has 1 nitrogen and oxygen atoms in total. The van der Waals surface area contributed by atoms with Gasteiger partial charge in [0.05, 0.1) is 23.4 Å². The van der Waals surface area contributed by atoms with Crippen molar-refractivity contribution in [3.8, 4) is 0 Å². The van der Waals surface area contributed by atoms with Crippen molar-refractivity contribution in [2.24, 2.45) is 0 Å². The van der Waals surface area contributed by atoms with Crippen LogP contribution in [0.3, 0.4) is 0 Å². The first-order valence-electron chi connectivity index (χ1n) is 3.49. The first kappa shape index (κ1) is 10.9. The summed E-state index contributed by atoms with van der Waals surface area (Å²) >= 11 is 15.0. The Morgan fingerprint density at radius 2 is 1.92 bits per heavy atom. The molecule has 0 aromatic heterocycles. The zero-order chi connectivity index (χ0) is 9.84. The highest BCUT2D eigenvalue weighted by Crippen LogP contribution is 2.29. The molecule has 13 heavy (non-hydrogen) atoms. The predicted octanol–water partition coefficient (Wildman–Crippen LogP) is 4.37. The van der Waals surface area contributed by atoms with Gasteiger partial charge >= 0.3 is 0 Å². The molecule has 0 N–H and O–H groups in total. The Morgan fingerprint density at radius 1 is 1.31 bits per heavy atom. The Hall–Kier alpha value is -0.180. The molecule has 70 valence electrons. The standard InChI is InChI=1S/C9H7BrCl2O/c1-13-3-2-6-4-8(11)9(12)5-7(6)10/h2-5H,1H3/b3-2+. The average molecular weight is 282 g/mol. The molecule has 0 atom stereocenters. The fourth-order valence-electron chi connectivity index (χ4n) is 0.807. The minimum atomic E-state index is 0.528. The maximum Gasteiger partial charge on any atom is 0.0830 e. The summed E-state index contributed by atoms with van der Waals surface area (Å²) in [7, 11) is 1.59. The number of rotatable bonds is 2. The Balaban J connectivity index is 3.08. The summed E-state index contributed by atoms with van der Waals surface area (Å²) in [6, 6.07) is 3.52. The van der Waals surface area contributed by atoms with Crippen molar-refractivity contribution in [3.63, 3.8) is 0 Å². The van der Waals surface area contributed by atoms with Crippen LogP contribution < -0.4 is 0 Å². The Morgan fingerprint density at radius 3 is 2.54 bits per heavy atom. The van der Waals surface area contributed by atoms with Gasteiger partial charge in [0.1, 0.15) is 0 Å². The number of hydrogen-bond acceptors (Lipinski definition) is 1. The van der Waals surface area contributed by atoms with Crippen molar-refractivity contribution < 1.29 is 4.74 Å². The number of hydrogen-bond donors (Lipinski definition) is 0. The van der Waals surface area contributed by atoms with Crippen LogP contribution in [0.25, 0.3) is 6.08 Å². The molecule has 0 aliphatic rings. The summed E-state index contributed by atoms with van der Waals surface area (Å²) < 4.78 is 5.68. The summed E-state index contributed by atoms with van der Waals surface area (Å²) in [6.07, 6.45) is 3.37. The molecular formula is C9H7BrCl2O. The van der Waals surface area contributed by atoms with Gasteiger partial charge in [0, 0.05) is 4.47 Å². The molecule has 0 unspecified atom stereocenters. The summed E-state index contributed by atoms with van der Waals surface area (Å²) in [6.45, 7) is 0. The highest BCUT2D eigenvalue weighted by Gasteiger charge is 2.02. The van der Waals surface area contributed by atoms with E-state index in [4.69, 9.17) is 27.9 Å². The quantitative estimate of drug-likeness (QED) is 0.578. The molecule has 0 aliphatic heterocycles. The van der Waals surface area contributed by atoms with E-state index in [0.717, 1.165) is 10.0 Å². The maximum atomic E-state index is 5.84. The van der Waals surface area contributed by atoms with E-state index in [1.165, 1.54) is 0 Å². The van der Waals surface area contributed by atoms with Crippen LogP contribution in [0.15, 0.2) is 22.9 Å². The summed E-state index contributed by atoms with van der Waals surface area (Å²) in [5.41, 5.74) is 0.927. The van der Waals surface area contributed by atoms with Gasteiger partial charge in [0.25, 0.3) is 0 Å². The van der Waals surface area contributed by atoms with Gasteiger partial charge in [0.15, 0.2) is 0 Å². The third-order valence-corrected chi connectivity index (χ3v) is 2.83. The Labute approximate surface area is 95.4 Å². The van der Waals surface area contributed by atoms with Crippen LogP contribution in [-0.2, 0) is 4.74 Å². The van der Waals surface area contributed by atoms with E-state index < -0.39 is 0 Å². The molecule has 0 heterocycles. The lowest BCUT2D eigenvalue weighted by Crippen LogP contribution is -1.78. The molecule has 0 radical (unpaired) electrons. The first-order valence-corrected chi connectivity index (χ1v) is 5.04. The van der Waals surface area contributed by atoms with Crippen molar-refractivity contribution in [3.05, 3.63) is 38.5 Å². The van der Waals surface area contributed by atoms with Crippen LogP contribution >= 0.6 is 39.1 Å². The van der Waals surface area contributed by atoms with Crippen LogP contribution in [0.5, 0.6) is 0 Å². The van der Waals surface area contributed by atoms with E-state index in [0.29, 0.717) is 10.0 Å². The summed E-state index contributed by atoms with van der Waals surface area (Å²) in [5.74, 6) is 0. The van der Waals surface area contributed by atoms with Gasteiger partial charge in [-0.05, 0) is 23.8 Å². The summed E-state index contributed by atoms with van der Waals surface area (Å²) in [4.78, 5) is 0. The zero-order valence-electron chi connectivity index (χ0n) is 6.85. The number of ether oxygens (including phenoxy) is 1. The lowest BCUT2D eigenvalue weighted by atomic mass is 10.2. The summed E-state index contributed by atoms with van der Waals surface area (Å²) in [5, 5.41) is 1.06. The average Bonchev–Trinajstić information content (AvgIpc) is 2.09. The topological polar surface area (TPSA) is 9.23 Å². The molecule has 4 heteroatoms. The highest BCUT2D eigenvalue weighted by atomic mass is 79.9. The third kappa shape index (κ3) is 2.90. The van der Waals surface area contributed by atoms with Crippen LogP contribution in [0.4, 0.5) is 0 Å². The monoisotopic (exact) mass is 280 g/mol. The molecule has 0 fully saturated rings. The van der Waals surface area contributed by atoms with Crippen LogP contribution in [0.1, 0.15) is 5.56 Å². The second-order valence-electron chi connectivity index (χ2n) is 2.33. The van der Waals surface area contributed by atoms with Crippen molar-refractivity contribution in [1.82, 2.24) is 0 Å². The van der Waals surface area contributed by atoms with Crippen LogP contribution in [0, 0.1) is 0 Å². The number of halogens is 3. The molecule has 0 bridgehead atoms. The minimum Gasteiger partial charge on any atom is -0.504 e. The Kier molecular flexibility index (Phi) is 4.10.